The highest BCUT2D eigenvalue weighted by atomic mass is 35.5. The average molecular weight is 304 g/mol. The summed E-state index contributed by atoms with van der Waals surface area (Å²) >= 11 is 7.73. The van der Waals surface area contributed by atoms with E-state index in [0.29, 0.717) is 0 Å². The number of rotatable bonds is 2. The third-order valence-electron chi connectivity index (χ3n) is 3.44. The third kappa shape index (κ3) is 2.15. The van der Waals surface area contributed by atoms with Crippen LogP contribution in [0.1, 0.15) is 10.4 Å². The summed E-state index contributed by atoms with van der Waals surface area (Å²) < 4.78 is 0. The Balaban J connectivity index is 2.25. The quantitative estimate of drug-likeness (QED) is 0.641. The van der Waals surface area contributed by atoms with Crippen LogP contribution in [0, 0.1) is 13.8 Å². The lowest BCUT2D eigenvalue weighted by atomic mass is 10.2. The average Bonchev–Trinajstić information content (AvgIpc) is 2.73. The Morgan fingerprint density at radius 3 is 2.50 bits per heavy atom. The van der Waals surface area contributed by atoms with Gasteiger partial charge in [-0.1, -0.05) is 18.2 Å². The minimum atomic E-state index is 0.288. The van der Waals surface area contributed by atoms with Crippen molar-refractivity contribution in [3.63, 3.8) is 0 Å². The summed E-state index contributed by atoms with van der Waals surface area (Å²) in [4.78, 5) is 13.0. The van der Waals surface area contributed by atoms with Crippen molar-refractivity contribution in [3.8, 4) is 0 Å². The van der Waals surface area contributed by atoms with Gasteiger partial charge in [0.2, 0.25) is 5.28 Å². The Morgan fingerprint density at radius 1 is 1.10 bits per heavy atom. The van der Waals surface area contributed by atoms with Gasteiger partial charge in [-0.05, 0) is 43.1 Å². The fraction of sp³-hybridized carbons (Fsp3) is 0.200. The molecule has 0 aliphatic carbocycles. The van der Waals surface area contributed by atoms with Gasteiger partial charge < -0.3 is 4.90 Å². The van der Waals surface area contributed by atoms with Gasteiger partial charge in [0.25, 0.3) is 0 Å². The molecule has 3 nitrogen and oxygen atoms in total. The largest absolute Gasteiger partial charge is 0.329 e. The van der Waals surface area contributed by atoms with Crippen LogP contribution >= 0.6 is 22.9 Å². The summed E-state index contributed by atoms with van der Waals surface area (Å²) in [5.74, 6) is 0.855. The number of halogens is 1. The fourth-order valence-corrected chi connectivity index (χ4v) is 3.46. The second kappa shape index (κ2) is 5.04. The molecule has 0 aliphatic rings. The molecule has 0 bridgehead atoms. The fourth-order valence-electron chi connectivity index (χ4n) is 2.22. The SMILES string of the molecule is Cc1sc2nc(Cl)nc(N(C)c3ccccc3)c2c1C. The number of aromatic nitrogens is 2. The predicted octanol–water partition coefficient (Wildman–Crippen LogP) is 4.73. The summed E-state index contributed by atoms with van der Waals surface area (Å²) in [5.41, 5.74) is 2.30. The number of benzene rings is 1. The van der Waals surface area contributed by atoms with Crippen molar-refractivity contribution in [3.05, 3.63) is 46.1 Å². The zero-order valence-corrected chi connectivity index (χ0v) is 13.1. The van der Waals surface area contributed by atoms with Crippen molar-refractivity contribution < 1.29 is 0 Å². The summed E-state index contributed by atoms with van der Waals surface area (Å²) in [6.45, 7) is 4.20. The molecule has 0 radical (unpaired) electrons. The Labute approximate surface area is 126 Å². The first-order chi connectivity index (χ1) is 9.58. The molecule has 0 N–H and O–H groups in total. The van der Waals surface area contributed by atoms with E-state index in [2.05, 4.69) is 40.8 Å². The lowest BCUT2D eigenvalue weighted by molar-refractivity contribution is 1.11. The number of hydrogen-bond donors (Lipinski definition) is 0. The van der Waals surface area contributed by atoms with Crippen LogP contribution in [0.15, 0.2) is 30.3 Å². The zero-order valence-electron chi connectivity index (χ0n) is 11.5. The molecule has 0 amide bonds. The Hall–Kier alpha value is -1.65. The second-order valence-corrected chi connectivity index (χ2v) is 6.22. The number of thiophene rings is 1. The Kier molecular flexibility index (Phi) is 3.36. The third-order valence-corrected chi connectivity index (χ3v) is 4.71. The molecular weight excluding hydrogens is 290 g/mol. The first kappa shape index (κ1) is 13.3. The second-order valence-electron chi connectivity index (χ2n) is 4.67. The highest BCUT2D eigenvalue weighted by Gasteiger charge is 2.17. The number of fused-ring (bicyclic) bond motifs is 1. The van der Waals surface area contributed by atoms with Crippen LogP contribution < -0.4 is 4.90 Å². The Morgan fingerprint density at radius 2 is 1.80 bits per heavy atom. The van der Waals surface area contributed by atoms with Gasteiger partial charge >= 0.3 is 0 Å². The number of nitrogens with zero attached hydrogens (tertiary/aromatic N) is 3. The number of para-hydroxylation sites is 1. The molecule has 2 heterocycles. The molecule has 2 aromatic heterocycles. The van der Waals surface area contributed by atoms with Gasteiger partial charge in [0, 0.05) is 17.6 Å². The van der Waals surface area contributed by atoms with E-state index in [9.17, 15) is 0 Å². The summed E-state index contributed by atoms with van der Waals surface area (Å²) in [7, 11) is 2.00. The Bertz CT molecular complexity index is 768. The zero-order chi connectivity index (χ0) is 14.3. The molecule has 0 aliphatic heterocycles. The van der Waals surface area contributed by atoms with Crippen molar-refractivity contribution in [2.75, 3.05) is 11.9 Å². The van der Waals surface area contributed by atoms with E-state index >= 15 is 0 Å². The molecule has 20 heavy (non-hydrogen) atoms. The van der Waals surface area contributed by atoms with Crippen LogP contribution in [0.2, 0.25) is 5.28 Å². The van der Waals surface area contributed by atoms with Gasteiger partial charge in [0.15, 0.2) is 0 Å². The molecule has 0 fully saturated rings. The standard InChI is InChI=1S/C15H14ClN3S/c1-9-10(2)20-14-12(9)13(17-15(16)18-14)19(3)11-7-5-4-6-8-11/h4-8H,1-3H3. The van der Waals surface area contributed by atoms with Crippen LogP contribution in [0.4, 0.5) is 11.5 Å². The molecule has 3 rings (SSSR count). The number of anilines is 2. The van der Waals surface area contributed by atoms with Crippen LogP contribution in [0.3, 0.4) is 0 Å². The number of hydrogen-bond acceptors (Lipinski definition) is 4. The summed E-state index contributed by atoms with van der Waals surface area (Å²) in [6.07, 6.45) is 0. The molecule has 102 valence electrons. The first-order valence-electron chi connectivity index (χ1n) is 6.30. The van der Waals surface area contributed by atoms with Crippen molar-refractivity contribution in [2.24, 2.45) is 0 Å². The highest BCUT2D eigenvalue weighted by molar-refractivity contribution is 7.18. The van der Waals surface area contributed by atoms with E-state index in [-0.39, 0.29) is 5.28 Å². The van der Waals surface area contributed by atoms with Gasteiger partial charge in [-0.2, -0.15) is 4.98 Å². The predicted molar refractivity (Wildman–Crippen MR) is 86.4 cm³/mol. The maximum absolute atomic E-state index is 6.07. The molecule has 5 heteroatoms. The molecule has 0 spiro atoms. The van der Waals surface area contributed by atoms with Gasteiger partial charge in [0.1, 0.15) is 10.6 Å². The van der Waals surface area contributed by atoms with Gasteiger partial charge in [-0.3, -0.25) is 0 Å². The smallest absolute Gasteiger partial charge is 0.225 e. The topological polar surface area (TPSA) is 29.0 Å². The van der Waals surface area contributed by atoms with E-state index in [1.807, 2.05) is 25.2 Å². The van der Waals surface area contributed by atoms with Crippen LogP contribution in [-0.2, 0) is 0 Å². The molecule has 3 aromatic rings. The first-order valence-corrected chi connectivity index (χ1v) is 7.49. The van der Waals surface area contributed by atoms with E-state index in [1.165, 1.54) is 10.4 Å². The molecular formula is C15H14ClN3S. The van der Waals surface area contributed by atoms with Crippen molar-refractivity contribution >= 4 is 44.7 Å². The van der Waals surface area contributed by atoms with Crippen molar-refractivity contribution in [2.45, 2.75) is 13.8 Å². The molecule has 0 saturated carbocycles. The lowest BCUT2D eigenvalue weighted by Gasteiger charge is -2.19. The minimum Gasteiger partial charge on any atom is -0.329 e. The van der Waals surface area contributed by atoms with E-state index < -0.39 is 0 Å². The maximum Gasteiger partial charge on any atom is 0.225 e. The minimum absolute atomic E-state index is 0.288. The number of aryl methyl sites for hydroxylation is 2. The normalized spacial score (nSPS) is 11.0. The summed E-state index contributed by atoms with van der Waals surface area (Å²) in [6, 6.07) is 10.1. The van der Waals surface area contributed by atoms with Gasteiger partial charge in [0.05, 0.1) is 5.39 Å². The van der Waals surface area contributed by atoms with E-state index in [4.69, 9.17) is 11.6 Å². The molecule has 1 aromatic carbocycles. The van der Waals surface area contributed by atoms with E-state index in [1.54, 1.807) is 11.3 Å². The van der Waals surface area contributed by atoms with E-state index in [0.717, 1.165) is 21.7 Å². The van der Waals surface area contributed by atoms with Crippen molar-refractivity contribution in [1.29, 1.82) is 0 Å². The lowest BCUT2D eigenvalue weighted by Crippen LogP contribution is -2.12. The van der Waals surface area contributed by atoms with Crippen LogP contribution in [-0.4, -0.2) is 17.0 Å². The highest BCUT2D eigenvalue weighted by Crippen LogP contribution is 2.37. The maximum atomic E-state index is 6.07. The van der Waals surface area contributed by atoms with Crippen LogP contribution in [0.5, 0.6) is 0 Å². The molecule has 0 saturated heterocycles. The summed E-state index contributed by atoms with van der Waals surface area (Å²) in [5, 5.41) is 1.37. The van der Waals surface area contributed by atoms with Gasteiger partial charge in [-0.25, -0.2) is 4.98 Å². The molecule has 0 unspecified atom stereocenters. The van der Waals surface area contributed by atoms with Crippen LogP contribution in [0.25, 0.3) is 10.2 Å². The van der Waals surface area contributed by atoms with Crippen molar-refractivity contribution in [1.82, 2.24) is 9.97 Å². The monoisotopic (exact) mass is 303 g/mol. The van der Waals surface area contributed by atoms with Gasteiger partial charge in [-0.15, -0.1) is 11.3 Å². The molecule has 0 atom stereocenters.